The second-order valence-electron chi connectivity index (χ2n) is 2.79. The average molecular weight is 387 g/mol. The number of aromatic nitrogens is 1. The van der Waals surface area contributed by atoms with Crippen LogP contribution in [0.15, 0.2) is 6.07 Å². The fraction of sp³-hybridized carbons (Fsp3) is 0.375. The van der Waals surface area contributed by atoms with Gasteiger partial charge in [-0.3, -0.25) is 0 Å². The number of alkyl halides is 6. The lowest BCUT2D eigenvalue weighted by Gasteiger charge is -2.14. The molecule has 17 heavy (non-hydrogen) atoms. The van der Waals surface area contributed by atoms with E-state index in [0.29, 0.717) is 0 Å². The largest absolute Gasteiger partial charge is 0.573 e. The normalized spacial score (nSPS) is 12.0. The van der Waals surface area contributed by atoms with E-state index in [-0.39, 0.29) is 3.70 Å². The average Bonchev–Trinajstić information content (AvgIpc) is 2.14. The molecule has 0 aliphatic heterocycles. The summed E-state index contributed by atoms with van der Waals surface area (Å²) in [7, 11) is 0. The highest BCUT2D eigenvalue weighted by Crippen LogP contribution is 2.34. The molecule has 0 atom stereocenters. The Hall–Kier alpha value is -0.380. The van der Waals surface area contributed by atoms with Gasteiger partial charge in [0.1, 0.15) is 15.1 Å². The van der Waals surface area contributed by atoms with E-state index in [0.717, 1.165) is 6.07 Å². The van der Waals surface area contributed by atoms with Gasteiger partial charge in [0.15, 0.2) is 0 Å². The molecule has 9 heteroatoms. The van der Waals surface area contributed by atoms with Crippen molar-refractivity contribution in [3.8, 4) is 5.75 Å². The molecule has 0 saturated heterocycles. The summed E-state index contributed by atoms with van der Waals surface area (Å²) in [6, 6.07) is 0.900. The van der Waals surface area contributed by atoms with Crippen molar-refractivity contribution >= 4 is 34.2 Å². The number of nitrogens with zero attached hydrogens (tertiary/aromatic N) is 1. The fourth-order valence-corrected chi connectivity index (χ4v) is 1.88. The van der Waals surface area contributed by atoms with Gasteiger partial charge in [-0.1, -0.05) is 0 Å². The van der Waals surface area contributed by atoms with Crippen LogP contribution in [0.25, 0.3) is 0 Å². The van der Waals surface area contributed by atoms with Gasteiger partial charge in [0, 0.05) is 11.6 Å². The van der Waals surface area contributed by atoms with Gasteiger partial charge < -0.3 is 4.74 Å². The van der Waals surface area contributed by atoms with Crippen LogP contribution in [0.3, 0.4) is 0 Å². The number of rotatable bonds is 3. The van der Waals surface area contributed by atoms with E-state index in [1.807, 2.05) is 0 Å². The highest BCUT2D eigenvalue weighted by atomic mass is 127. The molecule has 2 nitrogen and oxygen atoms in total. The minimum absolute atomic E-state index is 0.0361. The molecule has 0 N–H and O–H groups in total. The Bertz CT molecular complexity index is 412. The monoisotopic (exact) mass is 387 g/mol. The van der Waals surface area contributed by atoms with Crippen molar-refractivity contribution in [1.29, 1.82) is 0 Å². The van der Waals surface area contributed by atoms with Crippen molar-refractivity contribution in [3.63, 3.8) is 0 Å². The molecular formula is C8H4ClF5INO. The van der Waals surface area contributed by atoms with Crippen LogP contribution in [-0.4, -0.2) is 11.3 Å². The van der Waals surface area contributed by atoms with Crippen LogP contribution in [0.2, 0.25) is 0 Å². The molecule has 0 aliphatic rings. The Morgan fingerprint density at radius 1 is 1.41 bits per heavy atom. The molecule has 0 unspecified atom stereocenters. The van der Waals surface area contributed by atoms with Gasteiger partial charge in [0.05, 0.1) is 5.88 Å². The van der Waals surface area contributed by atoms with E-state index in [1.54, 1.807) is 0 Å². The molecule has 1 rings (SSSR count). The summed E-state index contributed by atoms with van der Waals surface area (Å²) in [5, 5.41) is 0. The van der Waals surface area contributed by atoms with E-state index in [2.05, 4.69) is 9.72 Å². The van der Waals surface area contributed by atoms with E-state index in [1.165, 1.54) is 22.6 Å². The molecule has 0 aromatic carbocycles. The minimum Gasteiger partial charge on any atom is -0.405 e. The highest BCUT2D eigenvalue weighted by Gasteiger charge is 2.33. The Morgan fingerprint density at radius 3 is 2.41 bits per heavy atom. The van der Waals surface area contributed by atoms with Gasteiger partial charge >= 0.3 is 6.36 Å². The molecule has 0 spiro atoms. The first-order chi connectivity index (χ1) is 7.74. The lowest BCUT2D eigenvalue weighted by molar-refractivity contribution is -0.275. The Balaban J connectivity index is 3.28. The smallest absolute Gasteiger partial charge is 0.405 e. The first-order valence-electron chi connectivity index (χ1n) is 4.03. The molecule has 1 aromatic heterocycles. The molecule has 1 aromatic rings. The molecular weight excluding hydrogens is 383 g/mol. The molecule has 0 aliphatic carbocycles. The van der Waals surface area contributed by atoms with Crippen molar-refractivity contribution in [3.05, 3.63) is 21.0 Å². The number of pyridine rings is 1. The molecule has 0 amide bonds. The number of halogens is 7. The zero-order valence-electron chi connectivity index (χ0n) is 7.86. The molecule has 0 fully saturated rings. The predicted octanol–water partition coefficient (Wildman–Crippen LogP) is 4.26. The zero-order chi connectivity index (χ0) is 13.2. The van der Waals surface area contributed by atoms with Crippen molar-refractivity contribution < 1.29 is 26.7 Å². The molecule has 96 valence electrons. The molecule has 0 bridgehead atoms. The minimum atomic E-state index is -4.97. The second-order valence-corrected chi connectivity index (χ2v) is 4.16. The van der Waals surface area contributed by atoms with Crippen LogP contribution in [0.4, 0.5) is 22.0 Å². The summed E-state index contributed by atoms with van der Waals surface area (Å²) in [5.74, 6) is -1.29. The van der Waals surface area contributed by atoms with Crippen molar-refractivity contribution in [2.24, 2.45) is 0 Å². The molecule has 1 heterocycles. The van der Waals surface area contributed by atoms with E-state index >= 15 is 0 Å². The first kappa shape index (κ1) is 14.7. The lowest BCUT2D eigenvalue weighted by Crippen LogP contribution is -2.19. The second kappa shape index (κ2) is 5.51. The van der Waals surface area contributed by atoms with Crippen LogP contribution in [0, 0.1) is 3.70 Å². The highest BCUT2D eigenvalue weighted by molar-refractivity contribution is 14.1. The first-order valence-corrected chi connectivity index (χ1v) is 5.65. The van der Waals surface area contributed by atoms with Gasteiger partial charge in [-0.2, -0.15) is 0 Å². The predicted molar refractivity (Wildman–Crippen MR) is 58.2 cm³/mol. The lowest BCUT2D eigenvalue weighted by atomic mass is 10.2. The summed E-state index contributed by atoms with van der Waals surface area (Å²) in [4.78, 5) is 3.44. The maximum atomic E-state index is 12.5. The Labute approximate surface area is 111 Å². The SMILES string of the molecule is FC(F)c1nc(I)cc(OC(F)(F)F)c1CCl. The topological polar surface area (TPSA) is 22.1 Å². The number of hydrogen-bond acceptors (Lipinski definition) is 2. The number of hydrogen-bond donors (Lipinski definition) is 0. The summed E-state index contributed by atoms with van der Waals surface area (Å²) < 4.78 is 64.8. The van der Waals surface area contributed by atoms with E-state index < -0.39 is 35.7 Å². The maximum Gasteiger partial charge on any atom is 0.573 e. The van der Waals surface area contributed by atoms with Crippen LogP contribution in [0.1, 0.15) is 17.7 Å². The summed E-state index contributed by atoms with van der Waals surface area (Å²) in [6.45, 7) is 0. The van der Waals surface area contributed by atoms with E-state index in [4.69, 9.17) is 11.6 Å². The summed E-state index contributed by atoms with van der Waals surface area (Å²) in [6.07, 6.45) is -7.99. The number of ether oxygens (including phenoxy) is 1. The van der Waals surface area contributed by atoms with Crippen molar-refractivity contribution in [1.82, 2.24) is 4.98 Å². The van der Waals surface area contributed by atoms with Gasteiger partial charge in [-0.15, -0.1) is 24.8 Å². The fourth-order valence-electron chi connectivity index (χ4n) is 1.07. The standard InChI is InChI=1S/C8H4ClF5INO/c9-2-3-4(17-8(12,13)14)1-5(15)16-6(3)7(10)11/h1,7H,2H2. The maximum absolute atomic E-state index is 12.5. The summed E-state index contributed by atoms with van der Waals surface area (Å²) in [5.41, 5.74) is -1.26. The molecule has 0 saturated carbocycles. The Morgan fingerprint density at radius 2 is 2.00 bits per heavy atom. The van der Waals surface area contributed by atoms with Crippen molar-refractivity contribution in [2.75, 3.05) is 0 Å². The van der Waals surface area contributed by atoms with Gasteiger partial charge in [0.25, 0.3) is 6.43 Å². The van der Waals surface area contributed by atoms with Gasteiger partial charge in [0.2, 0.25) is 0 Å². The Kier molecular flexibility index (Phi) is 4.76. The third-order valence-electron chi connectivity index (χ3n) is 1.65. The third kappa shape index (κ3) is 4.09. The molecule has 0 radical (unpaired) electrons. The van der Waals surface area contributed by atoms with Gasteiger partial charge in [-0.05, 0) is 22.6 Å². The van der Waals surface area contributed by atoms with Gasteiger partial charge in [-0.25, -0.2) is 13.8 Å². The van der Waals surface area contributed by atoms with Crippen LogP contribution in [0.5, 0.6) is 5.75 Å². The van der Waals surface area contributed by atoms with Crippen LogP contribution in [-0.2, 0) is 5.88 Å². The zero-order valence-corrected chi connectivity index (χ0v) is 10.8. The van der Waals surface area contributed by atoms with Crippen LogP contribution >= 0.6 is 34.2 Å². The summed E-state index contributed by atoms with van der Waals surface area (Å²) >= 11 is 6.85. The third-order valence-corrected chi connectivity index (χ3v) is 2.47. The van der Waals surface area contributed by atoms with Crippen LogP contribution < -0.4 is 4.74 Å². The van der Waals surface area contributed by atoms with E-state index in [9.17, 15) is 22.0 Å². The quantitative estimate of drug-likeness (QED) is 0.335. The van der Waals surface area contributed by atoms with Crippen molar-refractivity contribution in [2.45, 2.75) is 18.7 Å².